The maximum atomic E-state index is 13.8. The summed E-state index contributed by atoms with van der Waals surface area (Å²) in [6.45, 7) is 8.12. The Morgan fingerprint density at radius 2 is 2.09 bits per heavy atom. The molecule has 0 radical (unpaired) electrons. The summed E-state index contributed by atoms with van der Waals surface area (Å²) in [5, 5.41) is 11.4. The number of hydrogen-bond donors (Lipinski definition) is 2. The zero-order chi connectivity index (χ0) is 26.0. The van der Waals surface area contributed by atoms with Crippen molar-refractivity contribution in [1.29, 1.82) is 5.41 Å². The van der Waals surface area contributed by atoms with E-state index in [1.165, 1.54) is 11.7 Å². The van der Waals surface area contributed by atoms with E-state index in [1.54, 1.807) is 24.0 Å². The van der Waals surface area contributed by atoms with Gasteiger partial charge in [0.25, 0.3) is 5.91 Å². The Kier molecular flexibility index (Phi) is 11.5. The van der Waals surface area contributed by atoms with Crippen molar-refractivity contribution in [3.63, 3.8) is 0 Å². The predicted octanol–water partition coefficient (Wildman–Crippen LogP) is 4.34. The highest BCUT2D eigenvalue weighted by molar-refractivity contribution is 6.01. The first-order valence-electron chi connectivity index (χ1n) is 12.4. The van der Waals surface area contributed by atoms with Gasteiger partial charge in [-0.3, -0.25) is 4.79 Å². The number of nitrogens with one attached hydrogen (secondary N) is 2. The number of halogens is 3. The van der Waals surface area contributed by atoms with Crippen molar-refractivity contribution in [3.8, 4) is 0 Å². The average molecular weight is 501 g/mol. The van der Waals surface area contributed by atoms with E-state index in [0.717, 1.165) is 18.9 Å². The molecule has 1 amide bonds. The van der Waals surface area contributed by atoms with Crippen LogP contribution >= 0.6 is 0 Å². The molecule has 1 unspecified atom stereocenters. The normalized spacial score (nSPS) is 18.3. The minimum absolute atomic E-state index is 0.0951. The largest absolute Gasteiger partial charge is 0.431 e. The van der Waals surface area contributed by atoms with E-state index in [0.29, 0.717) is 44.8 Å². The van der Waals surface area contributed by atoms with Gasteiger partial charge in [-0.2, -0.15) is 13.2 Å². The summed E-state index contributed by atoms with van der Waals surface area (Å²) in [6.07, 6.45) is 0.820. The van der Waals surface area contributed by atoms with Crippen molar-refractivity contribution in [2.75, 3.05) is 40.0 Å². The topological polar surface area (TPSA) is 79.6 Å². The minimum atomic E-state index is -4.54. The lowest BCUT2D eigenvalue weighted by Gasteiger charge is -2.29. The second-order valence-corrected chi connectivity index (χ2v) is 8.34. The Bertz CT molecular complexity index is 857. The average Bonchev–Trinajstić information content (AvgIpc) is 3.63. The number of amides is 1. The predicted molar refractivity (Wildman–Crippen MR) is 131 cm³/mol. The fourth-order valence-electron chi connectivity index (χ4n) is 4.01. The van der Waals surface area contributed by atoms with Gasteiger partial charge in [0.2, 0.25) is 0 Å². The number of ether oxygens (including phenoxy) is 2. The van der Waals surface area contributed by atoms with Crippen molar-refractivity contribution in [2.45, 2.75) is 71.3 Å². The monoisotopic (exact) mass is 500 g/mol. The molecule has 3 rings (SSSR count). The highest BCUT2D eigenvalue weighted by atomic mass is 19.4. The summed E-state index contributed by atoms with van der Waals surface area (Å²) in [5.74, 6) is -0.0951. The molecule has 10 heteroatoms. The van der Waals surface area contributed by atoms with Crippen LogP contribution in [0.1, 0.15) is 63.4 Å². The van der Waals surface area contributed by atoms with E-state index >= 15 is 0 Å². The van der Waals surface area contributed by atoms with Crippen LogP contribution in [0.15, 0.2) is 12.1 Å². The molecule has 0 aromatic carbocycles. The second kappa shape index (κ2) is 13.8. The molecule has 1 aromatic heterocycles. The molecule has 198 valence electrons. The van der Waals surface area contributed by atoms with Crippen molar-refractivity contribution >= 4 is 17.7 Å². The van der Waals surface area contributed by atoms with Crippen LogP contribution in [0.2, 0.25) is 0 Å². The molecule has 1 aromatic rings. The first-order chi connectivity index (χ1) is 16.8. The molecule has 2 fully saturated rings. The smallest absolute Gasteiger partial charge is 0.385 e. The third-order valence-electron chi connectivity index (χ3n) is 5.89. The van der Waals surface area contributed by atoms with Crippen LogP contribution in [0.4, 0.5) is 13.2 Å². The lowest BCUT2D eigenvalue weighted by atomic mass is 10.1. The molecule has 1 saturated carbocycles. The van der Waals surface area contributed by atoms with E-state index < -0.39 is 18.0 Å². The molecule has 0 spiro atoms. The molecule has 2 aliphatic rings. The summed E-state index contributed by atoms with van der Waals surface area (Å²) in [4.78, 5) is 14.7. The van der Waals surface area contributed by atoms with Gasteiger partial charge in [-0.15, -0.1) is 0 Å². The van der Waals surface area contributed by atoms with E-state index in [-0.39, 0.29) is 36.3 Å². The second-order valence-electron chi connectivity index (χ2n) is 8.34. The molecule has 1 saturated heterocycles. The molecule has 1 aliphatic carbocycles. The zero-order valence-electron chi connectivity index (χ0n) is 21.2. The van der Waals surface area contributed by atoms with Crippen LogP contribution < -0.4 is 5.32 Å². The van der Waals surface area contributed by atoms with Gasteiger partial charge < -0.3 is 29.7 Å². The number of hydrogen-bond acceptors (Lipinski definition) is 5. The number of rotatable bonds is 11. The molecule has 1 atom stereocenters. The summed E-state index contributed by atoms with van der Waals surface area (Å²) in [5.41, 5.74) is -0.0302. The quantitative estimate of drug-likeness (QED) is 0.350. The van der Waals surface area contributed by atoms with Crippen molar-refractivity contribution in [3.05, 3.63) is 29.1 Å². The minimum Gasteiger partial charge on any atom is -0.385 e. The SMILES string of the molecule is CC.CCC(=N)c1cc(C(F)(F)F)n(CCCOC)c1/C=C/CN(C(=O)C1CNCCO1)C1CC1. The van der Waals surface area contributed by atoms with Gasteiger partial charge in [0.05, 0.1) is 12.3 Å². The van der Waals surface area contributed by atoms with Crippen molar-refractivity contribution in [2.24, 2.45) is 0 Å². The number of carbonyl (C=O) groups is 1. The van der Waals surface area contributed by atoms with Crippen LogP contribution in [-0.4, -0.2) is 73.2 Å². The van der Waals surface area contributed by atoms with Gasteiger partial charge in [0.1, 0.15) is 11.8 Å². The third-order valence-corrected chi connectivity index (χ3v) is 5.89. The molecule has 0 bridgehead atoms. The van der Waals surface area contributed by atoms with E-state index in [9.17, 15) is 18.0 Å². The number of nitrogens with zero attached hydrogens (tertiary/aromatic N) is 2. The van der Waals surface area contributed by atoms with Crippen LogP contribution in [0.25, 0.3) is 6.08 Å². The van der Waals surface area contributed by atoms with Crippen LogP contribution in [0, 0.1) is 5.41 Å². The molecule has 1 aliphatic heterocycles. The molecule has 35 heavy (non-hydrogen) atoms. The van der Waals surface area contributed by atoms with E-state index in [4.69, 9.17) is 14.9 Å². The van der Waals surface area contributed by atoms with E-state index in [1.807, 2.05) is 13.8 Å². The molecular weight excluding hydrogens is 461 g/mol. The lowest BCUT2D eigenvalue weighted by Crippen LogP contribution is -2.50. The molecule has 2 N–H and O–H groups in total. The van der Waals surface area contributed by atoms with Gasteiger partial charge in [0, 0.05) is 57.2 Å². The summed E-state index contributed by atoms with van der Waals surface area (Å²) < 4.78 is 53.2. The maximum absolute atomic E-state index is 13.8. The Labute approximate surface area is 206 Å². The Hall–Kier alpha value is -2.17. The Morgan fingerprint density at radius 3 is 2.63 bits per heavy atom. The van der Waals surface area contributed by atoms with Crippen LogP contribution in [-0.2, 0) is 27.0 Å². The molecule has 2 heterocycles. The highest BCUT2D eigenvalue weighted by Crippen LogP contribution is 2.34. The van der Waals surface area contributed by atoms with Gasteiger partial charge in [-0.1, -0.05) is 26.8 Å². The van der Waals surface area contributed by atoms with Gasteiger partial charge in [-0.05, 0) is 37.8 Å². The molecular formula is C25H39F3N4O3. The number of carbonyl (C=O) groups excluding carboxylic acids is 1. The number of morpholine rings is 1. The van der Waals surface area contributed by atoms with Crippen LogP contribution in [0.5, 0.6) is 0 Å². The summed E-state index contributed by atoms with van der Waals surface area (Å²) in [6, 6.07) is 1.20. The van der Waals surface area contributed by atoms with E-state index in [2.05, 4.69) is 5.32 Å². The van der Waals surface area contributed by atoms with Gasteiger partial charge in [0.15, 0.2) is 0 Å². The third kappa shape index (κ3) is 7.91. The first-order valence-corrected chi connectivity index (χ1v) is 12.4. The maximum Gasteiger partial charge on any atom is 0.431 e. The fourth-order valence-corrected chi connectivity index (χ4v) is 4.01. The Morgan fingerprint density at radius 1 is 1.37 bits per heavy atom. The first kappa shape index (κ1) is 29.1. The zero-order valence-corrected chi connectivity index (χ0v) is 21.2. The highest BCUT2D eigenvalue weighted by Gasteiger charge is 2.38. The number of methoxy groups -OCH3 is 1. The molecule has 7 nitrogen and oxygen atoms in total. The fraction of sp³-hybridized carbons (Fsp3) is 0.680. The Balaban J connectivity index is 0.00000210. The summed E-state index contributed by atoms with van der Waals surface area (Å²) >= 11 is 0. The van der Waals surface area contributed by atoms with Gasteiger partial charge in [-0.25, -0.2) is 0 Å². The number of aromatic nitrogens is 1. The van der Waals surface area contributed by atoms with Crippen molar-refractivity contribution in [1.82, 2.24) is 14.8 Å². The standard InChI is InChI=1S/C23H33F3N4O3.C2H6/c1-3-18(27)17-14-21(23(24,25)26)30(11-5-12-32-2)19(17)6-4-10-29(16-7-8-16)22(31)20-15-28-9-13-33-20;1-2/h4,6,14,16,20,27-28H,3,5,7-13,15H2,1-2H3;1-2H3/b6-4+,27-18?;. The van der Waals surface area contributed by atoms with Crippen molar-refractivity contribution < 1.29 is 27.4 Å². The summed E-state index contributed by atoms with van der Waals surface area (Å²) in [7, 11) is 1.51. The lowest BCUT2D eigenvalue weighted by molar-refractivity contribution is -0.145. The van der Waals surface area contributed by atoms with Gasteiger partial charge >= 0.3 is 6.18 Å². The number of alkyl halides is 3. The van der Waals surface area contributed by atoms with Crippen LogP contribution in [0.3, 0.4) is 0 Å².